The first-order chi connectivity index (χ1) is 5.81. The lowest BCUT2D eigenvalue weighted by atomic mass is 10.3. The number of carbonyl (C=O) groups excluding carboxylic acids is 1. The molecule has 0 aromatic carbocycles. The fourth-order valence-electron chi connectivity index (χ4n) is 0.608. The number of rotatable bonds is 4. The molecule has 0 aliphatic rings. The van der Waals surface area contributed by atoms with E-state index in [9.17, 15) is 4.79 Å². The van der Waals surface area contributed by atoms with Crippen LogP contribution in [0.4, 0.5) is 0 Å². The Labute approximate surface area is 84.8 Å². The highest BCUT2D eigenvalue weighted by Gasteiger charge is 2.12. The molecule has 0 bridgehead atoms. The van der Waals surface area contributed by atoms with Crippen molar-refractivity contribution >= 4 is 17.7 Å². The molecule has 4 heteroatoms. The van der Waals surface area contributed by atoms with Crippen molar-refractivity contribution in [2.24, 2.45) is 5.73 Å². The van der Waals surface area contributed by atoms with Gasteiger partial charge in [-0.25, -0.2) is 0 Å². The first-order valence-corrected chi connectivity index (χ1v) is 5.46. The molecular weight excluding hydrogens is 184 g/mol. The molecule has 1 unspecified atom stereocenters. The third-order valence-corrected chi connectivity index (χ3v) is 2.53. The molecule has 3 nitrogen and oxygen atoms in total. The molecule has 0 fully saturated rings. The van der Waals surface area contributed by atoms with Gasteiger partial charge >= 0.3 is 0 Å². The van der Waals surface area contributed by atoms with Crippen LogP contribution in [0.25, 0.3) is 0 Å². The maximum absolute atomic E-state index is 11.2. The third-order valence-electron chi connectivity index (χ3n) is 1.26. The Kier molecular flexibility index (Phi) is 5.40. The van der Waals surface area contributed by atoms with Gasteiger partial charge in [0.25, 0.3) is 0 Å². The Balaban J connectivity index is 3.53. The molecule has 0 aromatic heterocycles. The lowest BCUT2D eigenvalue weighted by Crippen LogP contribution is -2.36. The van der Waals surface area contributed by atoms with E-state index in [2.05, 4.69) is 26.1 Å². The minimum absolute atomic E-state index is 0.0311. The smallest absolute Gasteiger partial charge is 0.230 e. The van der Waals surface area contributed by atoms with Crippen LogP contribution in [-0.4, -0.2) is 29.0 Å². The first kappa shape index (κ1) is 12.8. The summed E-state index contributed by atoms with van der Waals surface area (Å²) in [5.74, 6) is 0.577. The van der Waals surface area contributed by atoms with E-state index >= 15 is 0 Å². The molecule has 0 aliphatic heterocycles. The number of thioether (sulfide) groups is 1. The van der Waals surface area contributed by atoms with Gasteiger partial charge in [0, 0.05) is 17.3 Å². The SMILES string of the molecule is CC(N)CNC(=O)CSC(C)(C)C. The van der Waals surface area contributed by atoms with Crippen molar-refractivity contribution in [2.75, 3.05) is 12.3 Å². The van der Waals surface area contributed by atoms with E-state index < -0.39 is 0 Å². The van der Waals surface area contributed by atoms with Gasteiger partial charge in [-0.15, -0.1) is 11.8 Å². The number of amides is 1. The zero-order valence-corrected chi connectivity index (χ0v) is 9.70. The molecular formula is C9H20N2OS. The van der Waals surface area contributed by atoms with E-state index in [4.69, 9.17) is 5.73 Å². The van der Waals surface area contributed by atoms with Crippen LogP contribution in [-0.2, 0) is 4.79 Å². The molecule has 0 saturated heterocycles. The molecule has 0 saturated carbocycles. The number of hydrogen-bond donors (Lipinski definition) is 2. The Morgan fingerprint density at radius 2 is 2.08 bits per heavy atom. The number of nitrogens with one attached hydrogen (secondary N) is 1. The summed E-state index contributed by atoms with van der Waals surface area (Å²) in [6, 6.07) is 0.0311. The summed E-state index contributed by atoms with van der Waals surface area (Å²) in [6.45, 7) is 8.71. The second-order valence-corrected chi connectivity index (χ2v) is 5.98. The molecule has 0 radical (unpaired) electrons. The van der Waals surface area contributed by atoms with Crippen LogP contribution >= 0.6 is 11.8 Å². The molecule has 0 aliphatic carbocycles. The second kappa shape index (κ2) is 5.50. The van der Waals surface area contributed by atoms with Gasteiger partial charge in [0.2, 0.25) is 5.91 Å². The highest BCUT2D eigenvalue weighted by Crippen LogP contribution is 2.22. The van der Waals surface area contributed by atoms with Crippen molar-refractivity contribution in [3.8, 4) is 0 Å². The van der Waals surface area contributed by atoms with Crippen molar-refractivity contribution in [1.29, 1.82) is 0 Å². The molecule has 78 valence electrons. The van der Waals surface area contributed by atoms with E-state index in [0.717, 1.165) is 0 Å². The zero-order chi connectivity index (χ0) is 10.5. The maximum Gasteiger partial charge on any atom is 0.230 e. The number of nitrogens with two attached hydrogens (primary N) is 1. The maximum atomic E-state index is 11.2. The lowest BCUT2D eigenvalue weighted by molar-refractivity contribution is -0.118. The van der Waals surface area contributed by atoms with Crippen molar-refractivity contribution in [3.63, 3.8) is 0 Å². The fourth-order valence-corrected chi connectivity index (χ4v) is 1.27. The quantitative estimate of drug-likeness (QED) is 0.718. The van der Waals surface area contributed by atoms with E-state index in [0.29, 0.717) is 12.3 Å². The van der Waals surface area contributed by atoms with Crippen molar-refractivity contribution in [3.05, 3.63) is 0 Å². The molecule has 1 amide bonds. The van der Waals surface area contributed by atoms with Crippen LogP contribution in [0.3, 0.4) is 0 Å². The Bertz CT molecular complexity index is 163. The Morgan fingerprint density at radius 1 is 1.54 bits per heavy atom. The van der Waals surface area contributed by atoms with Gasteiger partial charge in [0.1, 0.15) is 0 Å². The van der Waals surface area contributed by atoms with Gasteiger partial charge < -0.3 is 11.1 Å². The highest BCUT2D eigenvalue weighted by atomic mass is 32.2. The van der Waals surface area contributed by atoms with Crippen molar-refractivity contribution in [2.45, 2.75) is 38.5 Å². The monoisotopic (exact) mass is 204 g/mol. The summed E-state index contributed by atoms with van der Waals surface area (Å²) in [7, 11) is 0. The van der Waals surface area contributed by atoms with E-state index in [-0.39, 0.29) is 16.7 Å². The standard InChI is InChI=1S/C9H20N2OS/c1-7(10)5-11-8(12)6-13-9(2,3)4/h7H,5-6,10H2,1-4H3,(H,11,12). The van der Waals surface area contributed by atoms with Crippen LogP contribution in [0.5, 0.6) is 0 Å². The lowest BCUT2D eigenvalue weighted by Gasteiger charge is -2.17. The molecule has 13 heavy (non-hydrogen) atoms. The zero-order valence-electron chi connectivity index (χ0n) is 8.89. The summed E-state index contributed by atoms with van der Waals surface area (Å²) in [5.41, 5.74) is 5.50. The normalized spacial score (nSPS) is 13.9. The first-order valence-electron chi connectivity index (χ1n) is 4.47. The number of hydrogen-bond acceptors (Lipinski definition) is 3. The van der Waals surface area contributed by atoms with Crippen LogP contribution in [0.1, 0.15) is 27.7 Å². The van der Waals surface area contributed by atoms with Gasteiger partial charge in [0.05, 0.1) is 5.75 Å². The molecule has 1 atom stereocenters. The van der Waals surface area contributed by atoms with Crippen LogP contribution in [0.2, 0.25) is 0 Å². The Hall–Kier alpha value is -0.220. The van der Waals surface area contributed by atoms with Crippen molar-refractivity contribution in [1.82, 2.24) is 5.32 Å². The highest BCUT2D eigenvalue weighted by molar-refractivity contribution is 8.01. The predicted molar refractivity (Wildman–Crippen MR) is 58.9 cm³/mol. The van der Waals surface area contributed by atoms with Gasteiger partial charge in [0.15, 0.2) is 0 Å². The number of carbonyl (C=O) groups is 1. The van der Waals surface area contributed by atoms with Crippen molar-refractivity contribution < 1.29 is 4.79 Å². The van der Waals surface area contributed by atoms with Crippen LogP contribution < -0.4 is 11.1 Å². The largest absolute Gasteiger partial charge is 0.354 e. The summed E-state index contributed by atoms with van der Waals surface area (Å²) >= 11 is 1.64. The molecule has 0 rings (SSSR count). The van der Waals surface area contributed by atoms with E-state index in [1.54, 1.807) is 11.8 Å². The molecule has 3 N–H and O–H groups in total. The average Bonchev–Trinajstić information content (AvgIpc) is 1.95. The van der Waals surface area contributed by atoms with Gasteiger partial charge in [-0.1, -0.05) is 20.8 Å². The molecule has 0 aromatic rings. The summed E-state index contributed by atoms with van der Waals surface area (Å²) in [4.78, 5) is 11.2. The Morgan fingerprint density at radius 3 is 2.46 bits per heavy atom. The van der Waals surface area contributed by atoms with Gasteiger partial charge in [-0.05, 0) is 6.92 Å². The minimum atomic E-state index is 0.0311. The topological polar surface area (TPSA) is 55.1 Å². The summed E-state index contributed by atoms with van der Waals surface area (Å²) in [6.07, 6.45) is 0. The summed E-state index contributed by atoms with van der Waals surface area (Å²) in [5, 5.41) is 2.77. The van der Waals surface area contributed by atoms with Gasteiger partial charge in [-0.2, -0.15) is 0 Å². The fraction of sp³-hybridized carbons (Fsp3) is 0.889. The van der Waals surface area contributed by atoms with Gasteiger partial charge in [-0.3, -0.25) is 4.79 Å². The summed E-state index contributed by atoms with van der Waals surface area (Å²) < 4.78 is 0.145. The third kappa shape index (κ3) is 9.70. The predicted octanol–water partition coefficient (Wildman–Crippen LogP) is 0.981. The average molecular weight is 204 g/mol. The minimum Gasteiger partial charge on any atom is -0.354 e. The van der Waals surface area contributed by atoms with E-state index in [1.807, 2.05) is 6.92 Å². The molecule has 0 spiro atoms. The van der Waals surface area contributed by atoms with E-state index in [1.165, 1.54) is 0 Å². The molecule has 0 heterocycles. The van der Waals surface area contributed by atoms with Crippen LogP contribution in [0.15, 0.2) is 0 Å². The van der Waals surface area contributed by atoms with Crippen LogP contribution in [0, 0.1) is 0 Å². The second-order valence-electron chi connectivity index (χ2n) is 4.18.